The van der Waals surface area contributed by atoms with Gasteiger partial charge in [0.15, 0.2) is 0 Å². The van der Waals surface area contributed by atoms with Crippen LogP contribution in [0.5, 0.6) is 0 Å². The molecule has 0 aromatic heterocycles. The maximum atomic E-state index is 10.2. The summed E-state index contributed by atoms with van der Waals surface area (Å²) in [5.74, 6) is 0.507. The predicted molar refractivity (Wildman–Crippen MR) is 83.1 cm³/mol. The maximum Gasteiger partial charge on any atom is 0.303 e. The molecule has 0 rings (SSSR count). The summed E-state index contributed by atoms with van der Waals surface area (Å²) in [5.41, 5.74) is 0. The third-order valence-corrected chi connectivity index (χ3v) is 8.50. The SMILES string of the molecule is O=C(O)CCCCSSSSCCCCC(=O)O. The van der Waals surface area contributed by atoms with Crippen LogP contribution < -0.4 is 0 Å². The van der Waals surface area contributed by atoms with E-state index in [1.807, 2.05) is 0 Å². The molecule has 0 aliphatic heterocycles. The van der Waals surface area contributed by atoms with E-state index in [1.54, 1.807) is 41.2 Å². The zero-order valence-electron chi connectivity index (χ0n) is 10.0. The second-order valence-corrected chi connectivity index (χ2v) is 9.72. The van der Waals surface area contributed by atoms with Gasteiger partial charge in [-0.3, -0.25) is 9.59 Å². The van der Waals surface area contributed by atoms with Crippen LogP contribution in [0.25, 0.3) is 0 Å². The molecule has 0 saturated heterocycles. The van der Waals surface area contributed by atoms with E-state index in [-0.39, 0.29) is 12.8 Å². The lowest BCUT2D eigenvalue weighted by Crippen LogP contribution is -1.93. The van der Waals surface area contributed by atoms with Gasteiger partial charge in [0.25, 0.3) is 0 Å². The molecule has 0 aliphatic rings. The molecule has 0 saturated carbocycles. The second-order valence-electron chi connectivity index (χ2n) is 3.48. The first-order valence-electron chi connectivity index (χ1n) is 5.64. The summed E-state index contributed by atoms with van der Waals surface area (Å²) >= 11 is 0. The minimum atomic E-state index is -0.723. The maximum absolute atomic E-state index is 10.2. The first-order valence-corrected chi connectivity index (χ1v) is 10.8. The lowest BCUT2D eigenvalue weighted by atomic mass is 10.3. The summed E-state index contributed by atoms with van der Waals surface area (Å²) < 4.78 is 0. The van der Waals surface area contributed by atoms with Gasteiger partial charge in [-0.1, -0.05) is 21.6 Å². The summed E-state index contributed by atoms with van der Waals surface area (Å²) in [7, 11) is 6.91. The molecular formula is C10H18O4S4. The van der Waals surface area contributed by atoms with E-state index in [0.29, 0.717) is 0 Å². The fraction of sp³-hybridized carbons (Fsp3) is 0.800. The van der Waals surface area contributed by atoms with Crippen molar-refractivity contribution in [2.75, 3.05) is 11.5 Å². The Bertz CT molecular complexity index is 214. The standard InChI is InChI=1S/C10H18O4S4/c11-9(12)5-1-3-7-15-17-18-16-8-4-2-6-10(13)14/h1-8H2,(H,11,12)(H,13,14). The van der Waals surface area contributed by atoms with Crippen molar-refractivity contribution in [1.82, 2.24) is 0 Å². The highest BCUT2D eigenvalue weighted by Gasteiger charge is 1.99. The molecule has 0 amide bonds. The van der Waals surface area contributed by atoms with Crippen molar-refractivity contribution in [3.05, 3.63) is 0 Å². The number of carboxylic acid groups (broad SMARTS) is 2. The fourth-order valence-electron chi connectivity index (χ4n) is 0.982. The van der Waals surface area contributed by atoms with Gasteiger partial charge >= 0.3 is 11.9 Å². The molecule has 0 aromatic carbocycles. The van der Waals surface area contributed by atoms with Crippen molar-refractivity contribution >= 4 is 53.2 Å². The highest BCUT2D eigenvalue weighted by Crippen LogP contribution is 2.43. The molecule has 0 fully saturated rings. The third kappa shape index (κ3) is 16.3. The van der Waals surface area contributed by atoms with E-state index >= 15 is 0 Å². The molecule has 8 heteroatoms. The predicted octanol–water partition coefficient (Wildman–Crippen LogP) is 4.17. The van der Waals surface area contributed by atoms with Crippen LogP contribution in [0.4, 0.5) is 0 Å². The molecule has 0 unspecified atom stereocenters. The lowest BCUT2D eigenvalue weighted by molar-refractivity contribution is -0.138. The number of carboxylic acids is 2. The van der Waals surface area contributed by atoms with Crippen molar-refractivity contribution in [3.8, 4) is 0 Å². The topological polar surface area (TPSA) is 74.6 Å². The summed E-state index contributed by atoms with van der Waals surface area (Å²) in [6, 6.07) is 0. The zero-order valence-corrected chi connectivity index (χ0v) is 13.3. The van der Waals surface area contributed by atoms with Crippen LogP contribution in [-0.2, 0) is 9.59 Å². The number of aliphatic carboxylic acids is 2. The van der Waals surface area contributed by atoms with Gasteiger partial charge in [-0.2, -0.15) is 0 Å². The van der Waals surface area contributed by atoms with Gasteiger partial charge in [-0.05, 0) is 45.3 Å². The van der Waals surface area contributed by atoms with E-state index in [9.17, 15) is 9.59 Å². The molecule has 0 heterocycles. The average Bonchev–Trinajstić information content (AvgIpc) is 2.29. The second kappa shape index (κ2) is 13.8. The highest BCUT2D eigenvalue weighted by molar-refractivity contribution is 9.26. The number of carbonyl (C=O) groups is 2. The molecule has 0 aliphatic carbocycles. The molecule has 106 valence electrons. The van der Waals surface area contributed by atoms with Gasteiger partial charge in [-0.25, -0.2) is 0 Å². The lowest BCUT2D eigenvalue weighted by Gasteiger charge is -2.00. The number of hydrogen-bond acceptors (Lipinski definition) is 6. The normalized spacial score (nSPS) is 10.4. The van der Waals surface area contributed by atoms with Gasteiger partial charge in [0.1, 0.15) is 0 Å². The van der Waals surface area contributed by atoms with E-state index < -0.39 is 11.9 Å². The molecule has 2 N–H and O–H groups in total. The van der Waals surface area contributed by atoms with E-state index in [1.165, 1.54) is 0 Å². The molecule has 0 bridgehead atoms. The van der Waals surface area contributed by atoms with Crippen molar-refractivity contribution in [2.45, 2.75) is 38.5 Å². The van der Waals surface area contributed by atoms with Crippen molar-refractivity contribution in [3.63, 3.8) is 0 Å². The average molecular weight is 331 g/mol. The number of unbranched alkanes of at least 4 members (excludes halogenated alkanes) is 2. The zero-order chi connectivity index (χ0) is 13.6. The van der Waals surface area contributed by atoms with Crippen LogP contribution in [0.3, 0.4) is 0 Å². The van der Waals surface area contributed by atoms with Crippen molar-refractivity contribution in [2.24, 2.45) is 0 Å². The monoisotopic (exact) mass is 330 g/mol. The Morgan fingerprint density at radius 3 is 1.44 bits per heavy atom. The summed E-state index contributed by atoms with van der Waals surface area (Å²) in [6.45, 7) is 0. The number of hydrogen-bond donors (Lipinski definition) is 2. The Labute approximate surface area is 123 Å². The highest BCUT2D eigenvalue weighted by atomic mass is 33.7. The third-order valence-electron chi connectivity index (χ3n) is 1.86. The summed E-state index contributed by atoms with van der Waals surface area (Å²) in [6.07, 6.45) is 3.89. The Kier molecular flexibility index (Phi) is 14.0. The Balaban J connectivity index is 2.99. The van der Waals surface area contributed by atoms with Crippen molar-refractivity contribution in [1.29, 1.82) is 0 Å². The largest absolute Gasteiger partial charge is 0.481 e. The van der Waals surface area contributed by atoms with Gasteiger partial charge in [0, 0.05) is 24.3 Å². The molecular weight excluding hydrogens is 312 g/mol. The minimum Gasteiger partial charge on any atom is -0.481 e. The van der Waals surface area contributed by atoms with Gasteiger partial charge < -0.3 is 10.2 Å². The van der Waals surface area contributed by atoms with Crippen LogP contribution in [0.2, 0.25) is 0 Å². The van der Waals surface area contributed by atoms with Crippen molar-refractivity contribution < 1.29 is 19.8 Å². The van der Waals surface area contributed by atoms with Gasteiger partial charge in [0.05, 0.1) is 0 Å². The van der Waals surface area contributed by atoms with Gasteiger partial charge in [0.2, 0.25) is 0 Å². The van der Waals surface area contributed by atoms with E-state index in [0.717, 1.165) is 37.2 Å². The smallest absolute Gasteiger partial charge is 0.303 e. The van der Waals surface area contributed by atoms with Gasteiger partial charge in [-0.15, -0.1) is 0 Å². The van der Waals surface area contributed by atoms with Crippen LogP contribution in [0, 0.1) is 0 Å². The fourth-order valence-corrected chi connectivity index (χ4v) is 7.24. The first-order chi connectivity index (χ1) is 8.63. The van der Waals surface area contributed by atoms with E-state index in [4.69, 9.17) is 10.2 Å². The quantitative estimate of drug-likeness (QED) is 0.385. The summed E-state index contributed by atoms with van der Waals surface area (Å²) in [4.78, 5) is 20.5. The van der Waals surface area contributed by atoms with Crippen LogP contribution in [0.1, 0.15) is 38.5 Å². The first kappa shape index (κ1) is 18.3. The van der Waals surface area contributed by atoms with E-state index in [2.05, 4.69) is 0 Å². The summed E-state index contributed by atoms with van der Waals surface area (Å²) in [5, 5.41) is 16.9. The van der Waals surface area contributed by atoms with Crippen LogP contribution in [0.15, 0.2) is 0 Å². The Hall–Kier alpha value is 0.340. The molecule has 4 nitrogen and oxygen atoms in total. The molecule has 0 spiro atoms. The molecule has 18 heavy (non-hydrogen) atoms. The molecule has 0 radical (unpaired) electrons. The van der Waals surface area contributed by atoms with Crippen LogP contribution in [-0.4, -0.2) is 33.7 Å². The Morgan fingerprint density at radius 2 is 1.11 bits per heavy atom. The molecule has 0 aromatic rings. The minimum absolute atomic E-state index is 0.261. The Morgan fingerprint density at radius 1 is 0.722 bits per heavy atom. The molecule has 0 atom stereocenters. The van der Waals surface area contributed by atoms with Crippen LogP contribution >= 0.6 is 41.2 Å². The number of rotatable bonds is 13.